The van der Waals surface area contributed by atoms with Crippen LogP contribution in [0.25, 0.3) is 0 Å². The number of ether oxygens (including phenoxy) is 1. The highest BCUT2D eigenvalue weighted by atomic mass is 16.5. The SMILES string of the molecule is CCn1ncc(C(=O)N2CCOCC2)c1N. The molecule has 1 saturated heterocycles. The summed E-state index contributed by atoms with van der Waals surface area (Å²) in [6.45, 7) is 5.03. The van der Waals surface area contributed by atoms with Crippen molar-refractivity contribution in [1.82, 2.24) is 14.7 Å². The highest BCUT2D eigenvalue weighted by Crippen LogP contribution is 2.14. The Kier molecular flexibility index (Phi) is 3.09. The second kappa shape index (κ2) is 4.52. The fourth-order valence-corrected chi connectivity index (χ4v) is 1.75. The van der Waals surface area contributed by atoms with Crippen LogP contribution in [0.4, 0.5) is 5.82 Å². The molecule has 1 amide bonds. The molecule has 2 heterocycles. The maximum absolute atomic E-state index is 12.1. The van der Waals surface area contributed by atoms with E-state index in [1.54, 1.807) is 9.58 Å². The fraction of sp³-hybridized carbons (Fsp3) is 0.600. The molecular weight excluding hydrogens is 208 g/mol. The van der Waals surface area contributed by atoms with Crippen molar-refractivity contribution in [3.8, 4) is 0 Å². The number of hydrogen-bond acceptors (Lipinski definition) is 4. The maximum Gasteiger partial charge on any atom is 0.259 e. The number of rotatable bonds is 2. The van der Waals surface area contributed by atoms with Crippen molar-refractivity contribution in [3.63, 3.8) is 0 Å². The third-order valence-electron chi connectivity index (χ3n) is 2.71. The minimum Gasteiger partial charge on any atom is -0.383 e. The lowest BCUT2D eigenvalue weighted by Crippen LogP contribution is -2.40. The standard InChI is InChI=1S/C10H16N4O2/c1-2-14-9(11)8(7-12-14)10(15)13-3-5-16-6-4-13/h7H,2-6,11H2,1H3. The van der Waals surface area contributed by atoms with Crippen LogP contribution < -0.4 is 5.73 Å². The minimum atomic E-state index is -0.0551. The Morgan fingerprint density at radius 2 is 2.25 bits per heavy atom. The molecular formula is C10H16N4O2. The number of aryl methyl sites for hydroxylation is 1. The van der Waals surface area contributed by atoms with E-state index in [0.717, 1.165) is 0 Å². The van der Waals surface area contributed by atoms with Crippen molar-refractivity contribution in [2.75, 3.05) is 32.0 Å². The summed E-state index contributed by atoms with van der Waals surface area (Å²) in [4.78, 5) is 13.8. The van der Waals surface area contributed by atoms with Gasteiger partial charge in [0, 0.05) is 19.6 Å². The minimum absolute atomic E-state index is 0.0551. The number of carbonyl (C=O) groups excluding carboxylic acids is 1. The quantitative estimate of drug-likeness (QED) is 0.765. The van der Waals surface area contributed by atoms with Crippen molar-refractivity contribution in [2.24, 2.45) is 0 Å². The summed E-state index contributed by atoms with van der Waals surface area (Å²) in [6, 6.07) is 0. The topological polar surface area (TPSA) is 73.4 Å². The van der Waals surface area contributed by atoms with E-state index in [-0.39, 0.29) is 5.91 Å². The lowest BCUT2D eigenvalue weighted by molar-refractivity contribution is 0.0303. The molecule has 0 saturated carbocycles. The largest absolute Gasteiger partial charge is 0.383 e. The van der Waals surface area contributed by atoms with Gasteiger partial charge in [0.2, 0.25) is 0 Å². The van der Waals surface area contributed by atoms with Gasteiger partial charge in [-0.15, -0.1) is 0 Å². The summed E-state index contributed by atoms with van der Waals surface area (Å²) in [6.07, 6.45) is 1.54. The first-order chi connectivity index (χ1) is 7.74. The van der Waals surface area contributed by atoms with Crippen molar-refractivity contribution in [2.45, 2.75) is 13.5 Å². The molecule has 88 valence electrons. The molecule has 0 radical (unpaired) electrons. The highest BCUT2D eigenvalue weighted by Gasteiger charge is 2.22. The van der Waals surface area contributed by atoms with Crippen LogP contribution in [0.3, 0.4) is 0 Å². The number of nitrogens with zero attached hydrogens (tertiary/aromatic N) is 3. The molecule has 1 fully saturated rings. The normalized spacial score (nSPS) is 16.4. The van der Waals surface area contributed by atoms with Gasteiger partial charge in [-0.25, -0.2) is 4.68 Å². The molecule has 0 aromatic carbocycles. The smallest absolute Gasteiger partial charge is 0.259 e. The first-order valence-corrected chi connectivity index (χ1v) is 5.42. The van der Waals surface area contributed by atoms with Crippen LogP contribution in [-0.2, 0) is 11.3 Å². The van der Waals surface area contributed by atoms with E-state index in [1.165, 1.54) is 6.20 Å². The predicted octanol–water partition coefficient (Wildman–Crippen LogP) is -0.0424. The second-order valence-electron chi connectivity index (χ2n) is 3.66. The average Bonchev–Trinajstić information content (AvgIpc) is 2.70. The Hall–Kier alpha value is -1.56. The molecule has 1 aromatic heterocycles. The van der Waals surface area contributed by atoms with Gasteiger partial charge >= 0.3 is 0 Å². The van der Waals surface area contributed by atoms with Gasteiger partial charge in [-0.3, -0.25) is 4.79 Å². The molecule has 2 N–H and O–H groups in total. The average molecular weight is 224 g/mol. The maximum atomic E-state index is 12.1. The van der Waals surface area contributed by atoms with Gasteiger partial charge in [0.05, 0.1) is 19.4 Å². The molecule has 0 aliphatic carbocycles. The number of morpholine rings is 1. The number of carbonyl (C=O) groups is 1. The number of hydrogen-bond donors (Lipinski definition) is 1. The van der Waals surface area contributed by atoms with Crippen LogP contribution in [0.15, 0.2) is 6.20 Å². The van der Waals surface area contributed by atoms with E-state index in [9.17, 15) is 4.79 Å². The molecule has 0 atom stereocenters. The van der Waals surface area contributed by atoms with Crippen LogP contribution >= 0.6 is 0 Å². The molecule has 6 heteroatoms. The Morgan fingerprint density at radius 1 is 1.56 bits per heavy atom. The summed E-state index contributed by atoms with van der Waals surface area (Å²) >= 11 is 0. The van der Waals surface area contributed by atoms with Gasteiger partial charge in [-0.1, -0.05) is 0 Å². The summed E-state index contributed by atoms with van der Waals surface area (Å²) in [5.41, 5.74) is 6.33. The lowest BCUT2D eigenvalue weighted by atomic mass is 10.2. The molecule has 2 rings (SSSR count). The van der Waals surface area contributed by atoms with E-state index >= 15 is 0 Å². The Labute approximate surface area is 94.0 Å². The van der Waals surface area contributed by atoms with E-state index in [2.05, 4.69) is 5.10 Å². The lowest BCUT2D eigenvalue weighted by Gasteiger charge is -2.26. The predicted molar refractivity (Wildman–Crippen MR) is 59.0 cm³/mol. The number of amides is 1. The van der Waals surface area contributed by atoms with Crippen molar-refractivity contribution in [3.05, 3.63) is 11.8 Å². The third-order valence-corrected chi connectivity index (χ3v) is 2.71. The summed E-state index contributed by atoms with van der Waals surface area (Å²) < 4.78 is 6.82. The van der Waals surface area contributed by atoms with Gasteiger partial charge in [-0.2, -0.15) is 5.10 Å². The zero-order valence-electron chi connectivity index (χ0n) is 9.35. The van der Waals surface area contributed by atoms with E-state index < -0.39 is 0 Å². The fourth-order valence-electron chi connectivity index (χ4n) is 1.75. The van der Waals surface area contributed by atoms with E-state index in [4.69, 9.17) is 10.5 Å². The van der Waals surface area contributed by atoms with Crippen LogP contribution in [0.2, 0.25) is 0 Å². The summed E-state index contributed by atoms with van der Waals surface area (Å²) in [7, 11) is 0. The first kappa shape index (κ1) is 10.9. The monoisotopic (exact) mass is 224 g/mol. The molecule has 1 aromatic rings. The van der Waals surface area contributed by atoms with Gasteiger partial charge in [0.1, 0.15) is 11.4 Å². The Balaban J connectivity index is 2.16. The van der Waals surface area contributed by atoms with Gasteiger partial charge in [-0.05, 0) is 6.92 Å². The molecule has 0 unspecified atom stereocenters. The second-order valence-corrected chi connectivity index (χ2v) is 3.66. The molecule has 6 nitrogen and oxygen atoms in total. The number of anilines is 1. The molecule has 1 aliphatic heterocycles. The zero-order valence-corrected chi connectivity index (χ0v) is 9.35. The number of aromatic nitrogens is 2. The van der Waals surface area contributed by atoms with Crippen molar-refractivity contribution >= 4 is 11.7 Å². The molecule has 0 bridgehead atoms. The van der Waals surface area contributed by atoms with Gasteiger partial charge in [0.25, 0.3) is 5.91 Å². The third kappa shape index (κ3) is 1.88. The summed E-state index contributed by atoms with van der Waals surface area (Å²) in [5, 5.41) is 4.06. The molecule has 16 heavy (non-hydrogen) atoms. The first-order valence-electron chi connectivity index (χ1n) is 5.42. The molecule has 1 aliphatic rings. The Bertz CT molecular complexity index is 382. The molecule has 0 spiro atoms. The van der Waals surface area contributed by atoms with Gasteiger partial charge in [0.15, 0.2) is 0 Å². The van der Waals surface area contributed by atoms with E-state index in [1.807, 2.05) is 6.92 Å². The van der Waals surface area contributed by atoms with Crippen molar-refractivity contribution < 1.29 is 9.53 Å². The van der Waals surface area contributed by atoms with Crippen LogP contribution in [0.5, 0.6) is 0 Å². The van der Waals surface area contributed by atoms with E-state index in [0.29, 0.717) is 44.2 Å². The van der Waals surface area contributed by atoms with Gasteiger partial charge < -0.3 is 15.4 Å². The van der Waals surface area contributed by atoms with Crippen LogP contribution in [0.1, 0.15) is 17.3 Å². The Morgan fingerprint density at radius 3 is 2.81 bits per heavy atom. The van der Waals surface area contributed by atoms with Crippen LogP contribution in [0, 0.1) is 0 Å². The summed E-state index contributed by atoms with van der Waals surface area (Å²) in [5.74, 6) is 0.388. The zero-order chi connectivity index (χ0) is 11.5. The van der Waals surface area contributed by atoms with Crippen molar-refractivity contribution in [1.29, 1.82) is 0 Å². The highest BCUT2D eigenvalue weighted by molar-refractivity contribution is 5.98. The number of nitrogens with two attached hydrogens (primary N) is 1. The van der Waals surface area contributed by atoms with Crippen LogP contribution in [-0.4, -0.2) is 46.9 Å². The number of nitrogen functional groups attached to an aromatic ring is 1.